The Hall–Kier alpha value is -2.55. The maximum Gasteiger partial charge on any atom is 0.234 e. The van der Waals surface area contributed by atoms with Crippen LogP contribution in [0.25, 0.3) is 0 Å². The van der Waals surface area contributed by atoms with Crippen molar-refractivity contribution in [3.05, 3.63) is 63.4 Å². The Labute approximate surface area is 194 Å². The quantitative estimate of drug-likeness (QED) is 0.483. The Balaban J connectivity index is 1.55. The van der Waals surface area contributed by atoms with Crippen LogP contribution >= 0.6 is 35.0 Å². The van der Waals surface area contributed by atoms with Gasteiger partial charge in [0.1, 0.15) is 5.82 Å². The molecule has 10 heteroatoms. The van der Waals surface area contributed by atoms with Gasteiger partial charge in [0.15, 0.2) is 5.16 Å². The summed E-state index contributed by atoms with van der Waals surface area (Å²) in [5, 5.41) is 15.1. The predicted octanol–water partition coefficient (Wildman–Crippen LogP) is 4.65. The van der Waals surface area contributed by atoms with Gasteiger partial charge in [0, 0.05) is 18.4 Å². The van der Waals surface area contributed by atoms with Gasteiger partial charge in [0.05, 0.1) is 22.2 Å². The molecule has 3 rings (SSSR count). The molecule has 162 valence electrons. The van der Waals surface area contributed by atoms with Crippen LogP contribution in [0.15, 0.2) is 41.6 Å². The van der Waals surface area contributed by atoms with Gasteiger partial charge in [-0.2, -0.15) is 0 Å². The van der Waals surface area contributed by atoms with Gasteiger partial charge in [-0.15, -0.1) is 10.2 Å². The molecule has 2 amide bonds. The average Bonchev–Trinajstić information content (AvgIpc) is 3.05. The fourth-order valence-corrected chi connectivity index (χ4v) is 3.76. The van der Waals surface area contributed by atoms with Crippen molar-refractivity contribution in [3.8, 4) is 0 Å². The summed E-state index contributed by atoms with van der Waals surface area (Å²) in [4.78, 5) is 24.7. The number of carbonyl (C=O) groups is 2. The van der Waals surface area contributed by atoms with Gasteiger partial charge in [0.25, 0.3) is 0 Å². The summed E-state index contributed by atoms with van der Waals surface area (Å²) in [5.41, 5.74) is 3.41. The van der Waals surface area contributed by atoms with Crippen molar-refractivity contribution < 1.29 is 9.59 Å². The van der Waals surface area contributed by atoms with Gasteiger partial charge in [-0.1, -0.05) is 47.1 Å². The van der Waals surface area contributed by atoms with E-state index < -0.39 is 0 Å². The number of anilines is 2. The van der Waals surface area contributed by atoms with Crippen molar-refractivity contribution >= 4 is 58.2 Å². The molecule has 0 unspecified atom stereocenters. The second-order valence-electron chi connectivity index (χ2n) is 6.97. The Morgan fingerprint density at radius 1 is 1.00 bits per heavy atom. The summed E-state index contributed by atoms with van der Waals surface area (Å²) in [6.45, 7) is 3.92. The molecule has 1 heterocycles. The molecule has 0 spiro atoms. The SMILES string of the molecule is Cc1ccc(C)c(NC(=O)CSc2nnc(CC(=O)Nc3ccc(Cl)c(Cl)c3)n2C)c1. The molecule has 0 saturated heterocycles. The van der Waals surface area contributed by atoms with E-state index in [4.69, 9.17) is 23.2 Å². The lowest BCUT2D eigenvalue weighted by atomic mass is 10.1. The van der Waals surface area contributed by atoms with E-state index in [-0.39, 0.29) is 24.0 Å². The number of rotatable bonds is 7. The van der Waals surface area contributed by atoms with Crippen LogP contribution in [0, 0.1) is 13.8 Å². The van der Waals surface area contributed by atoms with Crippen LogP contribution in [0.4, 0.5) is 11.4 Å². The lowest BCUT2D eigenvalue weighted by Gasteiger charge is -2.09. The summed E-state index contributed by atoms with van der Waals surface area (Å²) in [6.07, 6.45) is 0.0268. The number of carbonyl (C=O) groups excluding carboxylic acids is 2. The Morgan fingerprint density at radius 3 is 2.52 bits per heavy atom. The third-order valence-electron chi connectivity index (χ3n) is 4.45. The molecule has 0 fully saturated rings. The van der Waals surface area contributed by atoms with Crippen LogP contribution < -0.4 is 10.6 Å². The first-order valence-corrected chi connectivity index (χ1v) is 11.1. The topological polar surface area (TPSA) is 88.9 Å². The van der Waals surface area contributed by atoms with Crippen LogP contribution in [0.5, 0.6) is 0 Å². The van der Waals surface area contributed by atoms with Crippen molar-refractivity contribution in [3.63, 3.8) is 0 Å². The number of nitrogens with zero attached hydrogens (tertiary/aromatic N) is 3. The monoisotopic (exact) mass is 477 g/mol. The van der Waals surface area contributed by atoms with E-state index in [0.717, 1.165) is 16.8 Å². The van der Waals surface area contributed by atoms with E-state index >= 15 is 0 Å². The largest absolute Gasteiger partial charge is 0.326 e. The van der Waals surface area contributed by atoms with E-state index in [9.17, 15) is 9.59 Å². The maximum absolute atomic E-state index is 12.3. The van der Waals surface area contributed by atoms with E-state index in [1.165, 1.54) is 11.8 Å². The average molecular weight is 478 g/mol. The first-order chi connectivity index (χ1) is 14.7. The van der Waals surface area contributed by atoms with Crippen LogP contribution in [-0.2, 0) is 23.1 Å². The lowest BCUT2D eigenvalue weighted by molar-refractivity contribution is -0.116. The Bertz CT molecular complexity index is 1130. The lowest BCUT2D eigenvalue weighted by Crippen LogP contribution is -2.17. The molecular formula is C21H21Cl2N5O2S. The standard InChI is InChI=1S/C21H21Cl2N5O2S/c1-12-4-5-13(2)17(8-12)25-20(30)11-31-21-27-26-18(28(21)3)10-19(29)24-14-6-7-15(22)16(23)9-14/h4-9H,10-11H2,1-3H3,(H,24,29)(H,25,30). The summed E-state index contributed by atoms with van der Waals surface area (Å²) in [6, 6.07) is 10.8. The minimum Gasteiger partial charge on any atom is -0.326 e. The molecule has 0 aliphatic rings. The van der Waals surface area contributed by atoms with Crippen LogP contribution in [0.3, 0.4) is 0 Å². The number of benzene rings is 2. The minimum absolute atomic E-state index is 0.0268. The Morgan fingerprint density at radius 2 is 1.77 bits per heavy atom. The third kappa shape index (κ3) is 6.22. The third-order valence-corrected chi connectivity index (χ3v) is 6.21. The summed E-state index contributed by atoms with van der Waals surface area (Å²) in [5.74, 6) is 0.253. The fourth-order valence-electron chi connectivity index (χ4n) is 2.73. The maximum atomic E-state index is 12.3. The fraction of sp³-hybridized carbons (Fsp3) is 0.238. The highest BCUT2D eigenvalue weighted by atomic mass is 35.5. The normalized spacial score (nSPS) is 10.7. The molecule has 0 saturated carbocycles. The number of hydrogen-bond acceptors (Lipinski definition) is 5. The zero-order chi connectivity index (χ0) is 22.5. The van der Waals surface area contributed by atoms with E-state index in [1.807, 2.05) is 32.0 Å². The first-order valence-electron chi connectivity index (χ1n) is 9.36. The molecule has 1 aromatic heterocycles. The van der Waals surface area contributed by atoms with E-state index in [0.29, 0.717) is 26.7 Å². The highest BCUT2D eigenvalue weighted by molar-refractivity contribution is 7.99. The van der Waals surface area contributed by atoms with Crippen molar-refractivity contribution in [2.24, 2.45) is 7.05 Å². The molecule has 0 bridgehead atoms. The summed E-state index contributed by atoms with van der Waals surface area (Å²) >= 11 is 13.1. The first kappa shape index (κ1) is 23.1. The zero-order valence-electron chi connectivity index (χ0n) is 17.2. The number of halogens is 2. The molecule has 3 aromatic rings. The molecule has 0 radical (unpaired) electrons. The number of nitrogens with one attached hydrogen (secondary N) is 2. The zero-order valence-corrected chi connectivity index (χ0v) is 19.5. The van der Waals surface area contributed by atoms with Gasteiger partial charge in [-0.05, 0) is 49.2 Å². The molecular weight excluding hydrogens is 457 g/mol. The van der Waals surface area contributed by atoms with Gasteiger partial charge < -0.3 is 15.2 Å². The smallest absolute Gasteiger partial charge is 0.234 e. The Kier molecular flexibility index (Phi) is 7.59. The van der Waals surface area contributed by atoms with Crippen molar-refractivity contribution in [1.29, 1.82) is 0 Å². The van der Waals surface area contributed by atoms with Crippen molar-refractivity contribution in [1.82, 2.24) is 14.8 Å². The van der Waals surface area contributed by atoms with Gasteiger partial charge in [-0.3, -0.25) is 9.59 Å². The van der Waals surface area contributed by atoms with E-state index in [2.05, 4.69) is 20.8 Å². The van der Waals surface area contributed by atoms with Crippen molar-refractivity contribution in [2.45, 2.75) is 25.4 Å². The second-order valence-corrected chi connectivity index (χ2v) is 8.72. The van der Waals surface area contributed by atoms with Gasteiger partial charge in [-0.25, -0.2) is 0 Å². The van der Waals surface area contributed by atoms with Crippen LogP contribution in [0.2, 0.25) is 10.0 Å². The molecule has 2 aromatic carbocycles. The number of aryl methyl sites for hydroxylation is 2. The molecule has 0 aliphatic carbocycles. The van der Waals surface area contributed by atoms with Crippen LogP contribution in [-0.4, -0.2) is 32.3 Å². The summed E-state index contributed by atoms with van der Waals surface area (Å²) in [7, 11) is 1.76. The molecule has 7 nitrogen and oxygen atoms in total. The number of amides is 2. The van der Waals surface area contributed by atoms with Crippen molar-refractivity contribution in [2.75, 3.05) is 16.4 Å². The summed E-state index contributed by atoms with van der Waals surface area (Å²) < 4.78 is 1.70. The van der Waals surface area contributed by atoms with E-state index in [1.54, 1.807) is 29.8 Å². The predicted molar refractivity (Wildman–Crippen MR) is 125 cm³/mol. The molecule has 0 aliphatic heterocycles. The molecule has 2 N–H and O–H groups in total. The number of thioether (sulfide) groups is 1. The van der Waals surface area contributed by atoms with Crippen LogP contribution in [0.1, 0.15) is 17.0 Å². The molecule has 31 heavy (non-hydrogen) atoms. The molecule has 0 atom stereocenters. The second kappa shape index (κ2) is 10.2. The highest BCUT2D eigenvalue weighted by Crippen LogP contribution is 2.25. The number of aromatic nitrogens is 3. The van der Waals surface area contributed by atoms with Gasteiger partial charge in [0.2, 0.25) is 11.8 Å². The highest BCUT2D eigenvalue weighted by Gasteiger charge is 2.15. The number of hydrogen-bond donors (Lipinski definition) is 2. The minimum atomic E-state index is -0.266. The van der Waals surface area contributed by atoms with Gasteiger partial charge >= 0.3 is 0 Å².